The number of nitrogens with two attached hydrogens (primary N) is 1. The number of carbonyl (C=O) groups excluding carboxylic acids is 1. The fourth-order valence-electron chi connectivity index (χ4n) is 0. The first-order valence-corrected chi connectivity index (χ1v) is 0.569. The van der Waals surface area contributed by atoms with Crippen molar-refractivity contribution in [2.45, 2.75) is 0 Å². The molecule has 2 N–H and O–H groups in total. The van der Waals surface area contributed by atoms with Gasteiger partial charge in [-0.05, 0) is 0 Å². The second kappa shape index (κ2) is 10.6. The average molecular weight is 71.4 g/mol. The molecule has 0 spiro atoms. The number of amides is 1. The molecule has 0 radical (unpaired) electrons. The normalized spacial score (nSPS) is 3.00. The monoisotopic (exact) mass is 71.0 g/mol. The molecular formula is CH5MgNO. The van der Waals surface area contributed by atoms with Crippen LogP contribution in [0, 0.1) is 0 Å². The maximum absolute atomic E-state index is 8.58. The van der Waals surface area contributed by atoms with Crippen LogP contribution in [0.2, 0.25) is 0 Å². The molecule has 0 aromatic rings. The quantitative estimate of drug-likeness (QED) is 0.265. The molecule has 0 saturated heterocycles. The SMILES string of the molecule is NC=O.[MgH2]. The maximum atomic E-state index is 8.58. The number of hydrogen-bond donors (Lipinski definition) is 1. The minimum atomic E-state index is 0. The van der Waals surface area contributed by atoms with E-state index < -0.39 is 0 Å². The standard InChI is InChI=1S/CH3NO.Mg.2H/c2-1-3;;;/h1H,(H2,2,3);;;. The summed E-state index contributed by atoms with van der Waals surface area (Å²) in [4.78, 5) is 8.58. The molecule has 1 amide bonds. The second-order valence-electron chi connectivity index (χ2n) is 0.136. The van der Waals surface area contributed by atoms with Crippen LogP contribution in [0.3, 0.4) is 0 Å². The lowest BCUT2D eigenvalue weighted by atomic mass is 11.5. The summed E-state index contributed by atoms with van der Waals surface area (Å²) in [5.74, 6) is 0. The smallest absolute Gasteiger partial charge is 0.316 e. The largest absolute Gasteiger partial charge is 0.372 e. The Hall–Kier alpha value is 0.236. The van der Waals surface area contributed by atoms with Gasteiger partial charge in [-0.1, -0.05) is 0 Å². The topological polar surface area (TPSA) is 43.1 Å². The van der Waals surface area contributed by atoms with E-state index in [9.17, 15) is 0 Å². The van der Waals surface area contributed by atoms with Crippen LogP contribution >= 0.6 is 0 Å². The zero-order valence-corrected chi connectivity index (χ0v) is 1.56. The van der Waals surface area contributed by atoms with Gasteiger partial charge in [0.1, 0.15) is 0 Å². The van der Waals surface area contributed by atoms with Gasteiger partial charge in [0.25, 0.3) is 0 Å². The van der Waals surface area contributed by atoms with Crippen LogP contribution < -0.4 is 5.73 Å². The van der Waals surface area contributed by atoms with E-state index in [1.807, 2.05) is 0 Å². The summed E-state index contributed by atoms with van der Waals surface area (Å²) in [6.45, 7) is 0. The van der Waals surface area contributed by atoms with Crippen molar-refractivity contribution in [2.75, 3.05) is 0 Å². The molecule has 4 heavy (non-hydrogen) atoms. The van der Waals surface area contributed by atoms with E-state index in [2.05, 4.69) is 5.73 Å². The molecule has 3 heteroatoms. The number of carbonyl (C=O) groups is 1. The summed E-state index contributed by atoms with van der Waals surface area (Å²) < 4.78 is 0. The van der Waals surface area contributed by atoms with Crippen LogP contribution in [0.4, 0.5) is 0 Å². The molecule has 0 aromatic carbocycles. The van der Waals surface area contributed by atoms with Crippen molar-refractivity contribution in [1.29, 1.82) is 0 Å². The van der Waals surface area contributed by atoms with Crippen LogP contribution in [-0.2, 0) is 4.79 Å². The highest BCUT2D eigenvalue weighted by molar-refractivity contribution is 5.75. The van der Waals surface area contributed by atoms with Crippen molar-refractivity contribution in [3.05, 3.63) is 0 Å². The second-order valence-corrected chi connectivity index (χ2v) is 0.136. The van der Waals surface area contributed by atoms with E-state index in [0.29, 0.717) is 0 Å². The molecule has 0 aliphatic carbocycles. The van der Waals surface area contributed by atoms with Crippen LogP contribution in [0.25, 0.3) is 0 Å². The molecule has 22 valence electrons. The Morgan fingerprint density at radius 2 is 1.75 bits per heavy atom. The maximum Gasteiger partial charge on any atom is 0.316 e. The lowest BCUT2D eigenvalue weighted by molar-refractivity contribution is -0.106. The van der Waals surface area contributed by atoms with Gasteiger partial charge in [-0.2, -0.15) is 0 Å². The first-order valence-electron chi connectivity index (χ1n) is 0.569. The molecule has 0 heterocycles. The average Bonchev–Trinajstić information content (AvgIpc) is 0.918. The molecule has 0 bridgehead atoms. The minimum Gasteiger partial charge on any atom is -0.372 e. The Bertz CT molecular complexity index is 15.5. The van der Waals surface area contributed by atoms with E-state index in [4.69, 9.17) is 4.79 Å². The summed E-state index contributed by atoms with van der Waals surface area (Å²) in [6.07, 6.45) is 0.250. The van der Waals surface area contributed by atoms with Crippen LogP contribution in [-0.4, -0.2) is 29.5 Å². The van der Waals surface area contributed by atoms with Crippen molar-refractivity contribution in [2.24, 2.45) is 5.73 Å². The lowest BCUT2D eigenvalue weighted by Gasteiger charge is -1.32. The fraction of sp³-hybridized carbons (Fsp3) is 0. The molecular weight excluding hydrogens is 66.3 g/mol. The first kappa shape index (κ1) is 8.87. The van der Waals surface area contributed by atoms with Gasteiger partial charge in [-0.15, -0.1) is 0 Å². The van der Waals surface area contributed by atoms with Crippen molar-refractivity contribution >= 4 is 29.5 Å². The van der Waals surface area contributed by atoms with Crippen LogP contribution in [0.15, 0.2) is 0 Å². The summed E-state index contributed by atoms with van der Waals surface area (Å²) >= 11 is 0. The van der Waals surface area contributed by atoms with Gasteiger partial charge in [-0.25, -0.2) is 0 Å². The van der Waals surface area contributed by atoms with E-state index >= 15 is 0 Å². The highest BCUT2D eigenvalue weighted by Crippen LogP contribution is 0.798. The van der Waals surface area contributed by atoms with Crippen molar-refractivity contribution in [1.82, 2.24) is 0 Å². The molecule has 0 aliphatic heterocycles. The zero-order chi connectivity index (χ0) is 2.71. The Balaban J connectivity index is 0. The molecule has 2 nitrogen and oxygen atoms in total. The van der Waals surface area contributed by atoms with Gasteiger partial charge in [0.2, 0.25) is 6.41 Å². The number of rotatable bonds is 0. The van der Waals surface area contributed by atoms with Crippen LogP contribution in [0.1, 0.15) is 0 Å². The van der Waals surface area contributed by atoms with Gasteiger partial charge in [0.05, 0.1) is 0 Å². The Morgan fingerprint density at radius 3 is 1.75 bits per heavy atom. The summed E-state index contributed by atoms with van der Waals surface area (Å²) in [5.41, 5.74) is 4.17. The summed E-state index contributed by atoms with van der Waals surface area (Å²) in [5, 5.41) is 0. The van der Waals surface area contributed by atoms with E-state index in [1.165, 1.54) is 0 Å². The van der Waals surface area contributed by atoms with Crippen molar-refractivity contribution in [3.63, 3.8) is 0 Å². The summed E-state index contributed by atoms with van der Waals surface area (Å²) in [6, 6.07) is 0. The lowest BCUT2D eigenvalue weighted by Crippen LogP contribution is -1.82. The third-order valence-electron chi connectivity index (χ3n) is 0. The van der Waals surface area contributed by atoms with E-state index in [0.717, 1.165) is 0 Å². The Labute approximate surface area is 40.5 Å². The predicted octanol–water partition coefficient (Wildman–Crippen LogP) is -1.81. The third kappa shape index (κ3) is 61.2. The van der Waals surface area contributed by atoms with Crippen molar-refractivity contribution in [3.8, 4) is 0 Å². The highest BCUT2D eigenvalue weighted by Gasteiger charge is 1.19. The first-order chi connectivity index (χ1) is 1.41. The molecule has 0 unspecified atom stereocenters. The Morgan fingerprint density at radius 1 is 1.75 bits per heavy atom. The molecule has 0 saturated carbocycles. The van der Waals surface area contributed by atoms with Gasteiger partial charge >= 0.3 is 23.1 Å². The predicted molar refractivity (Wildman–Crippen MR) is 18.8 cm³/mol. The van der Waals surface area contributed by atoms with Gasteiger partial charge in [-0.3, -0.25) is 4.79 Å². The minimum absolute atomic E-state index is 0. The molecule has 0 aliphatic rings. The van der Waals surface area contributed by atoms with Crippen LogP contribution in [0.5, 0.6) is 0 Å². The molecule has 0 atom stereocenters. The van der Waals surface area contributed by atoms with E-state index in [-0.39, 0.29) is 29.5 Å². The Kier molecular flexibility index (Phi) is 23.5. The molecule has 0 rings (SSSR count). The van der Waals surface area contributed by atoms with E-state index in [1.54, 1.807) is 0 Å². The van der Waals surface area contributed by atoms with Crippen molar-refractivity contribution < 1.29 is 4.79 Å². The summed E-state index contributed by atoms with van der Waals surface area (Å²) in [7, 11) is 0. The third-order valence-corrected chi connectivity index (χ3v) is 0. The zero-order valence-electron chi connectivity index (χ0n) is 1.56. The molecule has 0 aromatic heterocycles. The molecule has 0 fully saturated rings. The fourth-order valence-corrected chi connectivity index (χ4v) is 0. The van der Waals surface area contributed by atoms with Gasteiger partial charge in [0, 0.05) is 0 Å². The number of hydrogen-bond acceptors (Lipinski definition) is 1. The van der Waals surface area contributed by atoms with Gasteiger partial charge < -0.3 is 5.73 Å². The number of primary amides is 1. The van der Waals surface area contributed by atoms with Gasteiger partial charge in [0.15, 0.2) is 0 Å². The highest BCUT2D eigenvalue weighted by atomic mass is 24.3.